The average Bonchev–Trinajstić information content (AvgIpc) is 2.59. The van der Waals surface area contributed by atoms with Crippen LogP contribution in [0.2, 0.25) is 0 Å². The first-order chi connectivity index (χ1) is 12.7. The predicted molar refractivity (Wildman–Crippen MR) is 98.0 cm³/mol. The van der Waals surface area contributed by atoms with Gasteiger partial charge < -0.3 is 15.2 Å². The monoisotopic (exact) mass is 445 g/mol. The number of hydrazone groups is 1. The Morgan fingerprint density at radius 2 is 2.07 bits per heavy atom. The number of nitrogens with one attached hydrogen (secondary N) is 1. The van der Waals surface area contributed by atoms with Crippen LogP contribution in [-0.2, 0) is 11.0 Å². The summed E-state index contributed by atoms with van der Waals surface area (Å²) in [6.07, 6.45) is -3.04. The number of amides is 1. The van der Waals surface area contributed by atoms with E-state index in [0.29, 0.717) is 21.5 Å². The Balaban J connectivity index is 2.15. The number of carbonyl (C=O) groups excluding carboxylic acids is 1. The molecule has 0 aliphatic heterocycles. The molecule has 10 heteroatoms. The van der Waals surface area contributed by atoms with Gasteiger partial charge in [-0.25, -0.2) is 0 Å². The summed E-state index contributed by atoms with van der Waals surface area (Å²) >= 11 is 3.29. The molecular weight excluding hydrogens is 431 g/mol. The molecule has 3 N–H and O–H groups in total. The zero-order chi connectivity index (χ0) is 20.0. The van der Waals surface area contributed by atoms with Gasteiger partial charge in [-0.3, -0.25) is 10.2 Å². The van der Waals surface area contributed by atoms with Crippen LogP contribution in [0, 0.1) is 0 Å². The largest absolute Gasteiger partial charge is 0.493 e. The van der Waals surface area contributed by atoms with Crippen molar-refractivity contribution < 1.29 is 27.4 Å². The van der Waals surface area contributed by atoms with Gasteiger partial charge in [0.25, 0.3) is 5.91 Å². The van der Waals surface area contributed by atoms with Gasteiger partial charge in [-0.1, -0.05) is 6.07 Å². The molecule has 2 rings (SSSR count). The fourth-order valence-corrected chi connectivity index (χ4v) is 2.62. The molecule has 0 bridgehead atoms. The molecular formula is C17H15BrF3N3O3. The molecule has 0 fully saturated rings. The standard InChI is InChI=1S/C17H15BrF3N3O3/c1-26-14-6-10(5-13(18)16(14)27-9-15(22)25)8-23-24-12-4-2-3-11(7-12)17(19,20)21/h2-8,24H,9H2,1H3,(H2,22,25)/b23-8+. The van der Waals surface area contributed by atoms with E-state index in [4.69, 9.17) is 15.2 Å². The van der Waals surface area contributed by atoms with Gasteiger partial charge >= 0.3 is 6.18 Å². The van der Waals surface area contributed by atoms with E-state index in [1.54, 1.807) is 12.1 Å². The van der Waals surface area contributed by atoms with Gasteiger partial charge in [0.05, 0.1) is 29.0 Å². The highest BCUT2D eigenvalue weighted by molar-refractivity contribution is 9.10. The molecule has 0 saturated carbocycles. The van der Waals surface area contributed by atoms with Crippen molar-refractivity contribution in [3.8, 4) is 11.5 Å². The fraction of sp³-hybridized carbons (Fsp3) is 0.176. The van der Waals surface area contributed by atoms with E-state index in [9.17, 15) is 18.0 Å². The molecule has 0 radical (unpaired) electrons. The molecule has 0 spiro atoms. The Bertz CT molecular complexity index is 857. The highest BCUT2D eigenvalue weighted by Gasteiger charge is 2.30. The van der Waals surface area contributed by atoms with Gasteiger partial charge in [0.15, 0.2) is 18.1 Å². The molecule has 2 aromatic rings. The third-order valence-electron chi connectivity index (χ3n) is 3.21. The average molecular weight is 446 g/mol. The van der Waals surface area contributed by atoms with Crippen LogP contribution in [0.5, 0.6) is 11.5 Å². The lowest BCUT2D eigenvalue weighted by Crippen LogP contribution is -2.20. The van der Waals surface area contributed by atoms with Crippen LogP contribution >= 0.6 is 15.9 Å². The zero-order valence-electron chi connectivity index (χ0n) is 14.0. The zero-order valence-corrected chi connectivity index (χ0v) is 15.6. The van der Waals surface area contributed by atoms with Crippen molar-refractivity contribution in [2.45, 2.75) is 6.18 Å². The van der Waals surface area contributed by atoms with E-state index < -0.39 is 17.6 Å². The number of benzene rings is 2. The Kier molecular flexibility index (Phi) is 6.67. The van der Waals surface area contributed by atoms with Crippen molar-refractivity contribution in [1.29, 1.82) is 0 Å². The Morgan fingerprint density at radius 1 is 1.33 bits per heavy atom. The van der Waals surface area contributed by atoms with E-state index >= 15 is 0 Å². The van der Waals surface area contributed by atoms with Crippen molar-refractivity contribution in [3.63, 3.8) is 0 Å². The number of carbonyl (C=O) groups is 1. The summed E-state index contributed by atoms with van der Waals surface area (Å²) in [4.78, 5) is 10.9. The van der Waals surface area contributed by atoms with E-state index in [1.807, 2.05) is 0 Å². The van der Waals surface area contributed by atoms with Crippen LogP contribution in [0.3, 0.4) is 0 Å². The Hall–Kier alpha value is -2.75. The van der Waals surface area contributed by atoms with Crippen molar-refractivity contribution in [2.24, 2.45) is 10.8 Å². The summed E-state index contributed by atoms with van der Waals surface area (Å²) in [5.41, 5.74) is 7.58. The van der Waals surface area contributed by atoms with Crippen LogP contribution in [-0.4, -0.2) is 25.8 Å². The molecule has 0 unspecified atom stereocenters. The fourth-order valence-electron chi connectivity index (χ4n) is 2.04. The summed E-state index contributed by atoms with van der Waals surface area (Å²) in [7, 11) is 1.42. The van der Waals surface area contributed by atoms with Crippen LogP contribution in [0.25, 0.3) is 0 Å². The molecule has 1 amide bonds. The first-order valence-corrected chi connectivity index (χ1v) is 8.25. The summed E-state index contributed by atoms with van der Waals surface area (Å²) in [6.45, 7) is -0.320. The minimum Gasteiger partial charge on any atom is -0.493 e. The third-order valence-corrected chi connectivity index (χ3v) is 3.80. The number of anilines is 1. The van der Waals surface area contributed by atoms with E-state index in [-0.39, 0.29) is 12.3 Å². The van der Waals surface area contributed by atoms with Crippen molar-refractivity contribution in [2.75, 3.05) is 19.1 Å². The maximum atomic E-state index is 12.7. The lowest BCUT2D eigenvalue weighted by molar-refractivity contribution is -0.137. The van der Waals surface area contributed by atoms with Gasteiger partial charge in [-0.15, -0.1) is 0 Å². The van der Waals surface area contributed by atoms with E-state index in [0.717, 1.165) is 12.1 Å². The summed E-state index contributed by atoms with van der Waals surface area (Å²) < 4.78 is 49.1. The van der Waals surface area contributed by atoms with Crippen LogP contribution in [0.1, 0.15) is 11.1 Å². The maximum absolute atomic E-state index is 12.7. The molecule has 6 nitrogen and oxygen atoms in total. The number of halogens is 4. The van der Waals surface area contributed by atoms with Gasteiger partial charge in [-0.05, 0) is 51.8 Å². The summed E-state index contributed by atoms with van der Waals surface area (Å²) in [5.74, 6) is -0.0229. The third kappa shape index (κ3) is 5.88. The maximum Gasteiger partial charge on any atom is 0.416 e. The first kappa shape index (κ1) is 20.6. The van der Waals surface area contributed by atoms with Crippen molar-refractivity contribution in [1.82, 2.24) is 0 Å². The van der Waals surface area contributed by atoms with Gasteiger partial charge in [0, 0.05) is 0 Å². The van der Waals surface area contributed by atoms with Crippen LogP contribution in [0.15, 0.2) is 46.0 Å². The van der Waals surface area contributed by atoms with Crippen molar-refractivity contribution >= 4 is 33.7 Å². The van der Waals surface area contributed by atoms with Gasteiger partial charge in [-0.2, -0.15) is 18.3 Å². The van der Waals surface area contributed by atoms with E-state index in [2.05, 4.69) is 26.5 Å². The lowest BCUT2D eigenvalue weighted by Gasteiger charge is -2.12. The molecule has 0 atom stereocenters. The van der Waals surface area contributed by atoms with Crippen LogP contribution in [0.4, 0.5) is 18.9 Å². The van der Waals surface area contributed by atoms with Crippen molar-refractivity contribution in [3.05, 3.63) is 52.0 Å². The predicted octanol–water partition coefficient (Wildman–Crippen LogP) is 3.79. The quantitative estimate of drug-likeness (QED) is 0.501. The van der Waals surface area contributed by atoms with Gasteiger partial charge in [0.1, 0.15) is 0 Å². The highest BCUT2D eigenvalue weighted by atomic mass is 79.9. The minimum absolute atomic E-state index is 0.188. The molecule has 144 valence electrons. The SMILES string of the molecule is COc1cc(/C=N/Nc2cccc(C(F)(F)F)c2)cc(Br)c1OCC(N)=O. The molecule has 0 aromatic heterocycles. The molecule has 0 aliphatic rings. The summed E-state index contributed by atoms with van der Waals surface area (Å²) in [6, 6.07) is 7.89. The Morgan fingerprint density at radius 3 is 2.70 bits per heavy atom. The number of nitrogens with two attached hydrogens (primary N) is 1. The second kappa shape index (κ2) is 8.76. The number of methoxy groups -OCH3 is 1. The number of nitrogens with zero attached hydrogens (tertiary/aromatic N) is 1. The highest BCUT2D eigenvalue weighted by Crippen LogP contribution is 2.36. The number of hydrogen-bond donors (Lipinski definition) is 2. The molecule has 0 aliphatic carbocycles. The molecule has 2 aromatic carbocycles. The van der Waals surface area contributed by atoms with E-state index in [1.165, 1.54) is 25.5 Å². The molecule has 27 heavy (non-hydrogen) atoms. The first-order valence-electron chi connectivity index (χ1n) is 7.45. The number of primary amides is 1. The summed E-state index contributed by atoms with van der Waals surface area (Å²) in [5, 5.41) is 3.92. The molecule has 0 heterocycles. The topological polar surface area (TPSA) is 85.9 Å². The minimum atomic E-state index is -4.43. The smallest absolute Gasteiger partial charge is 0.416 e. The Labute approximate surface area is 161 Å². The number of ether oxygens (including phenoxy) is 2. The van der Waals surface area contributed by atoms with Crippen LogP contribution < -0.4 is 20.6 Å². The second-order valence-electron chi connectivity index (χ2n) is 5.24. The normalized spacial score (nSPS) is 11.4. The van der Waals surface area contributed by atoms with Gasteiger partial charge in [0.2, 0.25) is 0 Å². The number of rotatable bonds is 7. The second-order valence-corrected chi connectivity index (χ2v) is 6.09. The number of alkyl halides is 3. The molecule has 0 saturated heterocycles. The lowest BCUT2D eigenvalue weighted by atomic mass is 10.2. The number of hydrogen-bond acceptors (Lipinski definition) is 5.